The monoisotopic (exact) mass is 522 g/mol. The van der Waals surface area contributed by atoms with Crippen LogP contribution < -0.4 is 14.8 Å². The first-order valence-corrected chi connectivity index (χ1v) is 12.0. The van der Waals surface area contributed by atoms with Crippen LogP contribution in [0.15, 0.2) is 77.3 Å². The summed E-state index contributed by atoms with van der Waals surface area (Å²) < 4.78 is 11.8. The lowest BCUT2D eigenvalue weighted by Crippen LogP contribution is -2.49. The summed E-state index contributed by atoms with van der Waals surface area (Å²) in [4.78, 5) is 28.2. The molecular formula is C27H27BrN2O4. The summed E-state index contributed by atoms with van der Waals surface area (Å²) in [6.07, 6.45) is 1.25. The summed E-state index contributed by atoms with van der Waals surface area (Å²) in [5.41, 5.74) is 2.95. The molecule has 34 heavy (non-hydrogen) atoms. The molecule has 0 unspecified atom stereocenters. The van der Waals surface area contributed by atoms with Gasteiger partial charge in [-0.3, -0.25) is 9.59 Å². The minimum atomic E-state index is -0.625. The molecule has 1 atom stereocenters. The third-order valence-corrected chi connectivity index (χ3v) is 6.38. The van der Waals surface area contributed by atoms with Crippen molar-refractivity contribution in [3.63, 3.8) is 0 Å². The van der Waals surface area contributed by atoms with E-state index in [9.17, 15) is 9.59 Å². The van der Waals surface area contributed by atoms with Crippen molar-refractivity contribution in [2.45, 2.75) is 31.8 Å². The number of likely N-dealkylation sites (N-methyl/N-ethyl adjacent to an activating group) is 1. The highest BCUT2D eigenvalue weighted by molar-refractivity contribution is 9.10. The molecule has 2 amide bonds. The van der Waals surface area contributed by atoms with Crippen LogP contribution in [0.4, 0.5) is 0 Å². The van der Waals surface area contributed by atoms with Crippen molar-refractivity contribution in [1.29, 1.82) is 0 Å². The molecule has 1 aliphatic rings. The molecule has 0 saturated carbocycles. The number of amides is 2. The second kappa shape index (κ2) is 11.2. The number of nitrogens with one attached hydrogen (secondary N) is 1. The van der Waals surface area contributed by atoms with Gasteiger partial charge in [0.15, 0.2) is 11.5 Å². The number of aryl methyl sites for hydroxylation is 1. The van der Waals surface area contributed by atoms with Gasteiger partial charge >= 0.3 is 0 Å². The topological polar surface area (TPSA) is 67.9 Å². The predicted molar refractivity (Wildman–Crippen MR) is 134 cm³/mol. The lowest BCUT2D eigenvalue weighted by molar-refractivity contribution is -0.141. The zero-order valence-corrected chi connectivity index (χ0v) is 20.6. The summed E-state index contributed by atoms with van der Waals surface area (Å²) in [5.74, 6) is 1.15. The van der Waals surface area contributed by atoms with Crippen molar-refractivity contribution < 1.29 is 19.1 Å². The first-order chi connectivity index (χ1) is 16.5. The molecule has 3 aromatic carbocycles. The molecule has 1 heterocycles. The second-order valence-corrected chi connectivity index (χ2v) is 9.07. The van der Waals surface area contributed by atoms with Gasteiger partial charge in [0.25, 0.3) is 0 Å². The first kappa shape index (κ1) is 23.8. The number of rotatable bonds is 9. The molecule has 0 fully saturated rings. The van der Waals surface area contributed by atoms with E-state index in [1.165, 1.54) is 0 Å². The molecular weight excluding hydrogens is 496 g/mol. The van der Waals surface area contributed by atoms with Crippen LogP contribution >= 0.6 is 15.9 Å². The highest BCUT2D eigenvalue weighted by Gasteiger charge is 2.29. The second-order valence-electron chi connectivity index (χ2n) is 8.16. The van der Waals surface area contributed by atoms with Crippen LogP contribution in [-0.2, 0) is 29.0 Å². The SMILES string of the molecule is CNC(=O)[C@@H](Cc1ccccc1)N(Cc1ccc(Br)cc1)C(=O)CCc1ccc2c(c1)OCO2. The van der Waals surface area contributed by atoms with Crippen LogP contribution in [0.1, 0.15) is 23.1 Å². The van der Waals surface area contributed by atoms with Crippen LogP contribution in [0.3, 0.4) is 0 Å². The number of halogens is 1. The zero-order chi connectivity index (χ0) is 23.9. The Bertz CT molecular complexity index is 1140. The van der Waals surface area contributed by atoms with E-state index in [1.807, 2.05) is 72.8 Å². The molecule has 0 aliphatic carbocycles. The number of carbonyl (C=O) groups excluding carboxylic acids is 2. The minimum absolute atomic E-state index is 0.0786. The number of hydrogen-bond donors (Lipinski definition) is 1. The van der Waals surface area contributed by atoms with Crippen LogP contribution in [0, 0.1) is 0 Å². The molecule has 0 aromatic heterocycles. The minimum Gasteiger partial charge on any atom is -0.454 e. The van der Waals surface area contributed by atoms with Gasteiger partial charge in [-0.1, -0.05) is 64.5 Å². The normalized spacial score (nSPS) is 12.8. The Hall–Kier alpha value is -3.32. The summed E-state index contributed by atoms with van der Waals surface area (Å²) >= 11 is 3.46. The molecule has 1 aliphatic heterocycles. The quantitative estimate of drug-likeness (QED) is 0.449. The van der Waals surface area contributed by atoms with E-state index < -0.39 is 6.04 Å². The molecule has 0 spiro atoms. The highest BCUT2D eigenvalue weighted by Crippen LogP contribution is 2.33. The largest absolute Gasteiger partial charge is 0.454 e. The molecule has 6 nitrogen and oxygen atoms in total. The first-order valence-electron chi connectivity index (χ1n) is 11.2. The molecule has 0 saturated heterocycles. The molecule has 1 N–H and O–H groups in total. The van der Waals surface area contributed by atoms with Gasteiger partial charge in [0.2, 0.25) is 18.6 Å². The zero-order valence-electron chi connectivity index (χ0n) is 19.0. The summed E-state index contributed by atoms with van der Waals surface area (Å²) in [7, 11) is 1.61. The van der Waals surface area contributed by atoms with Crippen molar-refractivity contribution in [2.24, 2.45) is 0 Å². The van der Waals surface area contributed by atoms with Crippen molar-refractivity contribution in [3.8, 4) is 11.5 Å². The summed E-state index contributed by atoms with van der Waals surface area (Å²) in [6, 6.07) is 22.7. The van der Waals surface area contributed by atoms with Gasteiger partial charge in [-0.15, -0.1) is 0 Å². The average molecular weight is 523 g/mol. The average Bonchev–Trinajstić information content (AvgIpc) is 3.34. The van der Waals surface area contributed by atoms with Crippen LogP contribution in [0.5, 0.6) is 11.5 Å². The lowest BCUT2D eigenvalue weighted by Gasteiger charge is -2.31. The molecule has 176 valence electrons. The number of ether oxygens (including phenoxy) is 2. The maximum Gasteiger partial charge on any atom is 0.242 e. The maximum atomic E-state index is 13.6. The fourth-order valence-electron chi connectivity index (χ4n) is 4.00. The van der Waals surface area contributed by atoms with E-state index in [4.69, 9.17) is 9.47 Å². The van der Waals surface area contributed by atoms with Gasteiger partial charge < -0.3 is 19.7 Å². The predicted octanol–water partition coefficient (Wildman–Crippen LogP) is 4.50. The van der Waals surface area contributed by atoms with Crippen LogP contribution in [0.25, 0.3) is 0 Å². The summed E-state index contributed by atoms with van der Waals surface area (Å²) in [5, 5.41) is 2.75. The smallest absolute Gasteiger partial charge is 0.242 e. The Morgan fingerprint density at radius 2 is 1.65 bits per heavy atom. The summed E-state index contributed by atoms with van der Waals surface area (Å²) in [6.45, 7) is 0.560. The molecule has 4 rings (SSSR count). The Morgan fingerprint density at radius 1 is 0.941 bits per heavy atom. The third-order valence-electron chi connectivity index (χ3n) is 5.85. The van der Waals surface area contributed by atoms with E-state index in [0.717, 1.165) is 26.9 Å². The fourth-order valence-corrected chi connectivity index (χ4v) is 4.26. The van der Waals surface area contributed by atoms with Gasteiger partial charge in [-0.05, 0) is 47.4 Å². The van der Waals surface area contributed by atoms with E-state index in [1.54, 1.807) is 11.9 Å². The van der Waals surface area contributed by atoms with Crippen LogP contribution in [0.2, 0.25) is 0 Å². The Kier molecular flexibility index (Phi) is 7.85. The van der Waals surface area contributed by atoms with E-state index in [-0.39, 0.29) is 25.0 Å². The maximum absolute atomic E-state index is 13.6. The van der Waals surface area contributed by atoms with Crippen molar-refractivity contribution in [3.05, 3.63) is 94.0 Å². The molecule has 7 heteroatoms. The highest BCUT2D eigenvalue weighted by atomic mass is 79.9. The van der Waals surface area contributed by atoms with Gasteiger partial charge in [0, 0.05) is 30.9 Å². The molecule has 3 aromatic rings. The number of carbonyl (C=O) groups is 2. The van der Waals surface area contributed by atoms with Crippen molar-refractivity contribution in [1.82, 2.24) is 10.2 Å². The fraction of sp³-hybridized carbons (Fsp3) is 0.259. The lowest BCUT2D eigenvalue weighted by atomic mass is 10.0. The van der Waals surface area contributed by atoms with E-state index in [0.29, 0.717) is 25.1 Å². The Morgan fingerprint density at radius 3 is 2.38 bits per heavy atom. The van der Waals surface area contributed by atoms with E-state index in [2.05, 4.69) is 21.2 Å². The van der Waals surface area contributed by atoms with E-state index >= 15 is 0 Å². The number of hydrogen-bond acceptors (Lipinski definition) is 4. The van der Waals surface area contributed by atoms with Crippen molar-refractivity contribution in [2.75, 3.05) is 13.8 Å². The van der Waals surface area contributed by atoms with Gasteiger partial charge in [-0.2, -0.15) is 0 Å². The Balaban J connectivity index is 1.56. The van der Waals surface area contributed by atoms with Crippen LogP contribution in [-0.4, -0.2) is 36.6 Å². The Labute approximate surface area is 208 Å². The van der Waals surface area contributed by atoms with Gasteiger partial charge in [0.1, 0.15) is 6.04 Å². The third kappa shape index (κ3) is 5.97. The number of nitrogens with zero attached hydrogens (tertiary/aromatic N) is 1. The molecule has 0 bridgehead atoms. The van der Waals surface area contributed by atoms with Gasteiger partial charge in [-0.25, -0.2) is 0 Å². The van der Waals surface area contributed by atoms with Gasteiger partial charge in [0.05, 0.1) is 0 Å². The number of fused-ring (bicyclic) bond motifs is 1. The van der Waals surface area contributed by atoms with Crippen molar-refractivity contribution >= 4 is 27.7 Å². The number of benzene rings is 3. The standard InChI is InChI=1S/C27H27BrN2O4/c1-29-27(32)23(15-19-5-3-2-4-6-19)30(17-21-7-11-22(28)12-8-21)26(31)14-10-20-9-13-24-25(16-20)34-18-33-24/h2-9,11-13,16,23H,10,14-15,17-18H2,1H3,(H,29,32)/t23-/m1/s1. The molecule has 0 radical (unpaired) electrons.